The van der Waals surface area contributed by atoms with Crippen LogP contribution in [0.25, 0.3) is 10.9 Å². The first-order valence-corrected chi connectivity index (χ1v) is 11.5. The van der Waals surface area contributed by atoms with E-state index >= 15 is 0 Å². The Morgan fingerprint density at radius 1 is 1.03 bits per heavy atom. The van der Waals surface area contributed by atoms with E-state index in [-0.39, 0.29) is 11.5 Å². The normalized spacial score (nSPS) is 11.9. The van der Waals surface area contributed by atoms with Crippen LogP contribution >= 0.6 is 0 Å². The third-order valence-corrected chi connectivity index (χ3v) is 6.11. The van der Waals surface area contributed by atoms with Gasteiger partial charge in [0.2, 0.25) is 0 Å². The second-order valence-electron chi connectivity index (χ2n) is 8.18. The number of methoxy groups -OCH3 is 1. The molecule has 3 aromatic carbocycles. The Kier molecular flexibility index (Phi) is 7.07. The molecular weight excluding hydrogens is 426 g/mol. The van der Waals surface area contributed by atoms with Crippen molar-refractivity contribution in [3.05, 3.63) is 106 Å². The third-order valence-electron chi connectivity index (χ3n) is 6.11. The van der Waals surface area contributed by atoms with E-state index in [1.807, 2.05) is 62.4 Å². The molecule has 34 heavy (non-hydrogen) atoms. The first kappa shape index (κ1) is 23.2. The summed E-state index contributed by atoms with van der Waals surface area (Å²) >= 11 is 0. The highest BCUT2D eigenvalue weighted by Gasteiger charge is 2.27. The first-order chi connectivity index (χ1) is 16.5. The maximum absolute atomic E-state index is 13.8. The van der Waals surface area contributed by atoms with E-state index in [4.69, 9.17) is 9.72 Å². The SMILES string of the molecule is CCn1c(C(C)N(CCc2ccccc2)C(=O)c2cccc(OC)c2)nc2ccccc2c1=O. The number of hydrogen-bond donors (Lipinski definition) is 0. The van der Waals surface area contributed by atoms with Crippen LogP contribution in [0.2, 0.25) is 0 Å². The molecule has 0 N–H and O–H groups in total. The van der Waals surface area contributed by atoms with Gasteiger partial charge in [-0.25, -0.2) is 4.98 Å². The molecule has 4 aromatic rings. The van der Waals surface area contributed by atoms with Gasteiger partial charge in [-0.15, -0.1) is 0 Å². The molecule has 0 aliphatic rings. The molecule has 174 valence electrons. The molecule has 0 aliphatic heterocycles. The summed E-state index contributed by atoms with van der Waals surface area (Å²) in [5.74, 6) is 1.07. The maximum atomic E-state index is 13.8. The maximum Gasteiger partial charge on any atom is 0.261 e. The van der Waals surface area contributed by atoms with Crippen molar-refractivity contribution in [2.45, 2.75) is 32.9 Å². The zero-order valence-electron chi connectivity index (χ0n) is 19.8. The number of benzene rings is 3. The molecule has 0 spiro atoms. The summed E-state index contributed by atoms with van der Waals surface area (Å²) in [7, 11) is 1.58. The van der Waals surface area contributed by atoms with Crippen molar-refractivity contribution in [2.75, 3.05) is 13.7 Å². The van der Waals surface area contributed by atoms with Crippen LogP contribution in [0.4, 0.5) is 0 Å². The van der Waals surface area contributed by atoms with Crippen molar-refractivity contribution < 1.29 is 9.53 Å². The molecule has 0 saturated heterocycles. The number of para-hydroxylation sites is 1. The molecule has 1 aromatic heterocycles. The van der Waals surface area contributed by atoms with Crippen LogP contribution in [0, 0.1) is 0 Å². The van der Waals surface area contributed by atoms with Crippen molar-refractivity contribution in [2.24, 2.45) is 0 Å². The molecule has 6 heteroatoms. The van der Waals surface area contributed by atoms with E-state index < -0.39 is 6.04 Å². The molecule has 0 radical (unpaired) electrons. The highest BCUT2D eigenvalue weighted by Crippen LogP contribution is 2.24. The lowest BCUT2D eigenvalue weighted by Gasteiger charge is -2.30. The first-order valence-electron chi connectivity index (χ1n) is 11.5. The number of hydrogen-bond acceptors (Lipinski definition) is 4. The number of rotatable bonds is 8. The average molecular weight is 456 g/mol. The Balaban J connectivity index is 1.77. The Bertz CT molecular complexity index is 1350. The summed E-state index contributed by atoms with van der Waals surface area (Å²) in [5, 5.41) is 0.579. The Morgan fingerprint density at radius 3 is 2.50 bits per heavy atom. The van der Waals surface area contributed by atoms with Crippen molar-refractivity contribution >= 4 is 16.8 Å². The van der Waals surface area contributed by atoms with Gasteiger partial charge in [0.1, 0.15) is 11.6 Å². The molecule has 0 aliphatic carbocycles. The minimum Gasteiger partial charge on any atom is -0.497 e. The van der Waals surface area contributed by atoms with E-state index in [1.165, 1.54) is 0 Å². The molecule has 4 rings (SSSR count). The standard InChI is InChI=1S/C28H29N3O3/c1-4-30-26(29-25-16-9-8-15-24(25)28(30)33)20(2)31(18-17-21-11-6-5-7-12-21)27(32)22-13-10-14-23(19-22)34-3/h5-16,19-20H,4,17-18H2,1-3H3. The van der Waals surface area contributed by atoms with Crippen molar-refractivity contribution in [3.8, 4) is 5.75 Å². The smallest absolute Gasteiger partial charge is 0.261 e. The van der Waals surface area contributed by atoms with E-state index in [0.29, 0.717) is 47.6 Å². The molecule has 1 amide bonds. The lowest BCUT2D eigenvalue weighted by molar-refractivity contribution is 0.0681. The zero-order chi connectivity index (χ0) is 24.1. The van der Waals surface area contributed by atoms with Crippen LogP contribution < -0.4 is 10.3 Å². The van der Waals surface area contributed by atoms with E-state index in [2.05, 4.69) is 12.1 Å². The fourth-order valence-electron chi connectivity index (χ4n) is 4.24. The molecule has 0 bridgehead atoms. The third kappa shape index (κ3) is 4.71. The van der Waals surface area contributed by atoms with Gasteiger partial charge in [-0.05, 0) is 56.2 Å². The number of amides is 1. The van der Waals surface area contributed by atoms with Crippen LogP contribution in [0.5, 0.6) is 5.75 Å². The zero-order valence-corrected chi connectivity index (χ0v) is 19.8. The summed E-state index contributed by atoms with van der Waals surface area (Å²) in [6.45, 7) is 4.81. The Hall–Kier alpha value is -3.93. The summed E-state index contributed by atoms with van der Waals surface area (Å²) in [6, 6.07) is 24.1. The number of carbonyl (C=O) groups excluding carboxylic acids is 1. The molecule has 1 unspecified atom stereocenters. The van der Waals surface area contributed by atoms with Gasteiger partial charge in [0.25, 0.3) is 11.5 Å². The van der Waals surface area contributed by atoms with Gasteiger partial charge in [-0.3, -0.25) is 14.2 Å². The second-order valence-corrected chi connectivity index (χ2v) is 8.18. The second kappa shape index (κ2) is 10.3. The van der Waals surface area contributed by atoms with Crippen LogP contribution in [0.15, 0.2) is 83.7 Å². The Labute approximate surface area is 199 Å². The number of ether oxygens (including phenoxy) is 1. The fraction of sp³-hybridized carbons (Fsp3) is 0.250. The van der Waals surface area contributed by atoms with Gasteiger partial charge in [0.05, 0.1) is 24.1 Å². The van der Waals surface area contributed by atoms with Crippen molar-refractivity contribution in [1.82, 2.24) is 14.5 Å². The summed E-state index contributed by atoms with van der Waals surface area (Å²) in [5.41, 5.74) is 2.21. The summed E-state index contributed by atoms with van der Waals surface area (Å²) < 4.78 is 7.00. The molecular formula is C28H29N3O3. The minimum absolute atomic E-state index is 0.0909. The number of carbonyl (C=O) groups is 1. The predicted molar refractivity (Wildman–Crippen MR) is 134 cm³/mol. The van der Waals surface area contributed by atoms with Crippen LogP contribution in [-0.4, -0.2) is 34.0 Å². The van der Waals surface area contributed by atoms with Gasteiger partial charge in [-0.2, -0.15) is 0 Å². The van der Waals surface area contributed by atoms with Gasteiger partial charge in [0, 0.05) is 18.7 Å². The van der Waals surface area contributed by atoms with Gasteiger partial charge < -0.3 is 9.64 Å². The van der Waals surface area contributed by atoms with E-state index in [1.54, 1.807) is 34.8 Å². The van der Waals surface area contributed by atoms with Crippen LogP contribution in [-0.2, 0) is 13.0 Å². The number of aromatic nitrogens is 2. The lowest BCUT2D eigenvalue weighted by Crippen LogP contribution is -2.39. The highest BCUT2D eigenvalue weighted by atomic mass is 16.5. The van der Waals surface area contributed by atoms with Crippen molar-refractivity contribution in [1.29, 1.82) is 0 Å². The largest absolute Gasteiger partial charge is 0.497 e. The lowest BCUT2D eigenvalue weighted by atomic mass is 10.1. The van der Waals surface area contributed by atoms with Crippen LogP contribution in [0.3, 0.4) is 0 Å². The molecule has 0 fully saturated rings. The summed E-state index contributed by atoms with van der Waals surface area (Å²) in [6.07, 6.45) is 0.685. The monoisotopic (exact) mass is 455 g/mol. The molecule has 1 heterocycles. The fourth-order valence-corrected chi connectivity index (χ4v) is 4.24. The van der Waals surface area contributed by atoms with E-state index in [9.17, 15) is 9.59 Å². The predicted octanol–water partition coefficient (Wildman–Crippen LogP) is 4.87. The Morgan fingerprint density at radius 2 is 1.76 bits per heavy atom. The molecule has 6 nitrogen and oxygen atoms in total. The minimum atomic E-state index is -0.417. The number of fused-ring (bicyclic) bond motifs is 1. The molecule has 1 atom stereocenters. The highest BCUT2D eigenvalue weighted by molar-refractivity contribution is 5.95. The van der Waals surface area contributed by atoms with Crippen LogP contribution in [0.1, 0.15) is 41.6 Å². The topological polar surface area (TPSA) is 64.4 Å². The van der Waals surface area contributed by atoms with Gasteiger partial charge >= 0.3 is 0 Å². The quantitative estimate of drug-likeness (QED) is 0.380. The van der Waals surface area contributed by atoms with E-state index in [0.717, 1.165) is 5.56 Å². The summed E-state index contributed by atoms with van der Waals surface area (Å²) in [4.78, 5) is 33.6. The molecule has 0 saturated carbocycles. The average Bonchev–Trinajstić information content (AvgIpc) is 2.89. The van der Waals surface area contributed by atoms with Gasteiger partial charge in [-0.1, -0.05) is 48.5 Å². The number of nitrogens with zero attached hydrogens (tertiary/aromatic N) is 3. The van der Waals surface area contributed by atoms with Gasteiger partial charge in [0.15, 0.2) is 0 Å². The van der Waals surface area contributed by atoms with Crippen molar-refractivity contribution in [3.63, 3.8) is 0 Å².